The molecule has 4 heteroatoms. The summed E-state index contributed by atoms with van der Waals surface area (Å²) in [7, 11) is 1.82. The van der Waals surface area contributed by atoms with Gasteiger partial charge in [-0.05, 0) is 55.3 Å². The number of amides is 1. The van der Waals surface area contributed by atoms with E-state index >= 15 is 0 Å². The average Bonchev–Trinajstić information content (AvgIpc) is 2.42. The van der Waals surface area contributed by atoms with Crippen LogP contribution in [0.4, 0.5) is 15.8 Å². The first-order valence-electron chi connectivity index (χ1n) is 6.37. The zero-order chi connectivity index (χ0) is 14.7. The maximum Gasteiger partial charge on any atom is 0.256 e. The second-order valence-corrected chi connectivity index (χ2v) is 4.72. The zero-order valence-corrected chi connectivity index (χ0v) is 11.8. The van der Waals surface area contributed by atoms with Crippen molar-refractivity contribution < 1.29 is 9.18 Å². The smallest absolute Gasteiger partial charge is 0.256 e. The van der Waals surface area contributed by atoms with Gasteiger partial charge in [0.15, 0.2) is 0 Å². The number of hydrogen-bond acceptors (Lipinski definition) is 2. The summed E-state index contributed by atoms with van der Waals surface area (Å²) in [5, 5.41) is 5.62. The molecule has 0 spiro atoms. The molecular formula is C16H17FN2O. The van der Waals surface area contributed by atoms with E-state index < -0.39 is 5.82 Å². The van der Waals surface area contributed by atoms with Crippen LogP contribution in [-0.4, -0.2) is 13.0 Å². The van der Waals surface area contributed by atoms with Crippen molar-refractivity contribution in [2.24, 2.45) is 0 Å². The summed E-state index contributed by atoms with van der Waals surface area (Å²) in [6, 6.07) is 10.0. The van der Waals surface area contributed by atoms with E-state index in [4.69, 9.17) is 0 Å². The topological polar surface area (TPSA) is 41.1 Å². The summed E-state index contributed by atoms with van der Waals surface area (Å²) in [6.07, 6.45) is 0. The lowest BCUT2D eigenvalue weighted by Gasteiger charge is -2.10. The molecule has 0 aromatic heterocycles. The predicted molar refractivity (Wildman–Crippen MR) is 79.8 cm³/mol. The number of rotatable bonds is 3. The standard InChI is InChI=1S/C16H17FN2O/c1-10-4-7-14(17)15(8-10)19-16(20)13-6-5-12(18-3)9-11(13)2/h4-9,18H,1-3H3,(H,19,20). The minimum atomic E-state index is -0.437. The van der Waals surface area contributed by atoms with Crippen LogP contribution in [0.1, 0.15) is 21.5 Å². The van der Waals surface area contributed by atoms with Crippen LogP contribution >= 0.6 is 0 Å². The van der Waals surface area contributed by atoms with Gasteiger partial charge in [0.25, 0.3) is 5.91 Å². The zero-order valence-electron chi connectivity index (χ0n) is 11.8. The second-order valence-electron chi connectivity index (χ2n) is 4.72. The van der Waals surface area contributed by atoms with E-state index in [2.05, 4.69) is 10.6 Å². The summed E-state index contributed by atoms with van der Waals surface area (Å²) in [4.78, 5) is 12.2. The molecule has 20 heavy (non-hydrogen) atoms. The van der Waals surface area contributed by atoms with Crippen molar-refractivity contribution in [2.75, 3.05) is 17.7 Å². The highest BCUT2D eigenvalue weighted by molar-refractivity contribution is 6.05. The van der Waals surface area contributed by atoms with Gasteiger partial charge in [-0.2, -0.15) is 0 Å². The van der Waals surface area contributed by atoms with E-state index in [0.717, 1.165) is 16.8 Å². The quantitative estimate of drug-likeness (QED) is 0.893. The van der Waals surface area contributed by atoms with Gasteiger partial charge in [0.1, 0.15) is 5.82 Å². The Morgan fingerprint density at radius 2 is 1.85 bits per heavy atom. The Balaban J connectivity index is 2.26. The van der Waals surface area contributed by atoms with Crippen LogP contribution in [0.5, 0.6) is 0 Å². The molecule has 1 amide bonds. The largest absolute Gasteiger partial charge is 0.388 e. The number of benzene rings is 2. The molecule has 0 aliphatic rings. The van der Waals surface area contributed by atoms with Crippen molar-refractivity contribution in [3.05, 3.63) is 58.9 Å². The molecule has 3 nitrogen and oxygen atoms in total. The molecule has 104 valence electrons. The fourth-order valence-electron chi connectivity index (χ4n) is 2.00. The normalized spacial score (nSPS) is 10.2. The van der Waals surface area contributed by atoms with Gasteiger partial charge >= 0.3 is 0 Å². The third kappa shape index (κ3) is 2.96. The molecule has 2 aromatic carbocycles. The highest BCUT2D eigenvalue weighted by atomic mass is 19.1. The molecule has 0 aliphatic heterocycles. The monoisotopic (exact) mass is 272 g/mol. The Hall–Kier alpha value is -2.36. The van der Waals surface area contributed by atoms with Crippen molar-refractivity contribution in [1.82, 2.24) is 0 Å². The van der Waals surface area contributed by atoms with Gasteiger partial charge in [0.05, 0.1) is 5.69 Å². The highest BCUT2D eigenvalue weighted by Crippen LogP contribution is 2.19. The van der Waals surface area contributed by atoms with E-state index in [1.807, 2.05) is 33.0 Å². The van der Waals surface area contributed by atoms with Gasteiger partial charge in [-0.3, -0.25) is 4.79 Å². The fraction of sp³-hybridized carbons (Fsp3) is 0.188. The molecule has 0 fully saturated rings. The summed E-state index contributed by atoms with van der Waals surface area (Å²) in [5.74, 6) is -0.747. The molecule has 0 saturated carbocycles. The highest BCUT2D eigenvalue weighted by Gasteiger charge is 2.12. The van der Waals surface area contributed by atoms with Crippen LogP contribution in [0.15, 0.2) is 36.4 Å². The average molecular weight is 272 g/mol. The third-order valence-electron chi connectivity index (χ3n) is 3.13. The lowest BCUT2D eigenvalue weighted by molar-refractivity contribution is 0.102. The molecule has 2 N–H and O–H groups in total. The molecule has 0 bridgehead atoms. The number of halogens is 1. The fourth-order valence-corrected chi connectivity index (χ4v) is 2.00. The molecule has 0 atom stereocenters. The Kier molecular flexibility index (Phi) is 4.03. The third-order valence-corrected chi connectivity index (χ3v) is 3.13. The summed E-state index contributed by atoms with van der Waals surface area (Å²) >= 11 is 0. The Bertz CT molecular complexity index is 653. The van der Waals surface area contributed by atoms with Crippen molar-refractivity contribution in [2.45, 2.75) is 13.8 Å². The molecule has 0 unspecified atom stereocenters. The number of anilines is 2. The summed E-state index contributed by atoms with van der Waals surface area (Å²) in [5.41, 5.74) is 3.39. The Labute approximate surface area is 117 Å². The Morgan fingerprint density at radius 3 is 2.50 bits per heavy atom. The molecule has 0 heterocycles. The number of carbonyl (C=O) groups excluding carboxylic acids is 1. The van der Waals surface area contributed by atoms with E-state index in [0.29, 0.717) is 5.56 Å². The van der Waals surface area contributed by atoms with E-state index in [1.165, 1.54) is 6.07 Å². The van der Waals surface area contributed by atoms with Crippen molar-refractivity contribution >= 4 is 17.3 Å². The van der Waals surface area contributed by atoms with Crippen molar-refractivity contribution in [1.29, 1.82) is 0 Å². The number of carbonyl (C=O) groups is 1. The number of hydrogen-bond donors (Lipinski definition) is 2. The SMILES string of the molecule is CNc1ccc(C(=O)Nc2cc(C)ccc2F)c(C)c1. The molecule has 0 saturated heterocycles. The van der Waals surface area contributed by atoms with Crippen LogP contribution in [0.3, 0.4) is 0 Å². The summed E-state index contributed by atoms with van der Waals surface area (Å²) < 4.78 is 13.6. The number of aryl methyl sites for hydroxylation is 2. The van der Waals surface area contributed by atoms with Gasteiger partial charge in [-0.1, -0.05) is 6.07 Å². The van der Waals surface area contributed by atoms with Crippen molar-refractivity contribution in [3.63, 3.8) is 0 Å². The Morgan fingerprint density at radius 1 is 1.10 bits per heavy atom. The number of nitrogens with one attached hydrogen (secondary N) is 2. The van der Waals surface area contributed by atoms with E-state index in [-0.39, 0.29) is 11.6 Å². The van der Waals surface area contributed by atoms with Crippen LogP contribution in [0.25, 0.3) is 0 Å². The van der Waals surface area contributed by atoms with Gasteiger partial charge in [-0.25, -0.2) is 4.39 Å². The first-order chi connectivity index (χ1) is 9.51. The maximum absolute atomic E-state index is 13.6. The lowest BCUT2D eigenvalue weighted by atomic mass is 10.1. The first-order valence-corrected chi connectivity index (χ1v) is 6.37. The van der Waals surface area contributed by atoms with Crippen LogP contribution in [-0.2, 0) is 0 Å². The molecule has 2 rings (SSSR count). The van der Waals surface area contributed by atoms with E-state index in [9.17, 15) is 9.18 Å². The first kappa shape index (κ1) is 14.1. The molecule has 0 radical (unpaired) electrons. The minimum Gasteiger partial charge on any atom is -0.388 e. The predicted octanol–water partition coefficient (Wildman–Crippen LogP) is 3.74. The minimum absolute atomic E-state index is 0.201. The van der Waals surface area contributed by atoms with Gasteiger partial charge in [-0.15, -0.1) is 0 Å². The second kappa shape index (κ2) is 5.74. The maximum atomic E-state index is 13.6. The van der Waals surface area contributed by atoms with Gasteiger partial charge in [0, 0.05) is 18.3 Å². The van der Waals surface area contributed by atoms with Gasteiger partial charge in [0.2, 0.25) is 0 Å². The van der Waals surface area contributed by atoms with Gasteiger partial charge < -0.3 is 10.6 Å². The van der Waals surface area contributed by atoms with Crippen LogP contribution in [0.2, 0.25) is 0 Å². The molecule has 2 aromatic rings. The molecular weight excluding hydrogens is 255 g/mol. The van der Waals surface area contributed by atoms with E-state index in [1.54, 1.807) is 18.2 Å². The molecule has 0 aliphatic carbocycles. The summed E-state index contributed by atoms with van der Waals surface area (Å²) in [6.45, 7) is 3.70. The van der Waals surface area contributed by atoms with Crippen LogP contribution in [0, 0.1) is 19.7 Å². The van der Waals surface area contributed by atoms with Crippen LogP contribution < -0.4 is 10.6 Å². The lowest BCUT2D eigenvalue weighted by Crippen LogP contribution is -2.14. The van der Waals surface area contributed by atoms with Crippen molar-refractivity contribution in [3.8, 4) is 0 Å².